The number of ketones is 1. The summed E-state index contributed by atoms with van der Waals surface area (Å²) in [6.45, 7) is 2.99. The average Bonchev–Trinajstić information content (AvgIpc) is 2.76. The van der Waals surface area contributed by atoms with Crippen molar-refractivity contribution in [3.8, 4) is 0 Å². The first-order valence-electron chi connectivity index (χ1n) is 7.72. The Morgan fingerprint density at radius 2 is 1.90 bits per heavy atom. The van der Waals surface area contributed by atoms with E-state index in [0.717, 1.165) is 4.57 Å². The zero-order valence-electron chi connectivity index (χ0n) is 14.6. The summed E-state index contributed by atoms with van der Waals surface area (Å²) in [5.41, 5.74) is -0.284. The first-order valence-corrected chi connectivity index (χ1v) is 6.72. The Morgan fingerprint density at radius 1 is 1.24 bits per heavy atom. The summed E-state index contributed by atoms with van der Waals surface area (Å²) in [6, 6.07) is 0. The van der Waals surface area contributed by atoms with Gasteiger partial charge in [-0.1, -0.05) is 0 Å². The molecule has 0 saturated heterocycles. The first kappa shape index (κ1) is 12.6. The summed E-state index contributed by atoms with van der Waals surface area (Å²) in [4.78, 5) is 40.3. The number of carbonyl (C=O) groups excluding carboxylic acids is 1. The number of carbonyl (C=O) groups is 1. The molecule has 2 heterocycles. The van der Waals surface area contributed by atoms with Crippen LogP contribution >= 0.6 is 0 Å². The van der Waals surface area contributed by atoms with Gasteiger partial charge in [0.15, 0.2) is 11.2 Å². The Balaban J connectivity index is 2.43. The molecule has 0 radical (unpaired) electrons. The van der Waals surface area contributed by atoms with E-state index >= 15 is 0 Å². The van der Waals surface area contributed by atoms with Crippen molar-refractivity contribution < 1.29 is 7.54 Å². The highest BCUT2D eigenvalue weighted by molar-refractivity contribution is 5.75. The lowest BCUT2D eigenvalue weighted by atomic mass is 10.2. The second-order valence-corrected chi connectivity index (χ2v) is 5.03. The molecule has 7 nitrogen and oxygen atoms in total. The fraction of sp³-hybridized carbons (Fsp3) is 0.571. The molecule has 0 aliphatic rings. The Labute approximate surface area is 124 Å². The van der Waals surface area contributed by atoms with Crippen LogP contribution in [-0.4, -0.2) is 24.5 Å². The van der Waals surface area contributed by atoms with Crippen LogP contribution in [0.4, 0.5) is 0 Å². The third-order valence-electron chi connectivity index (χ3n) is 3.52. The normalized spacial score (nSPS) is 13.3. The topological polar surface area (TPSA) is 78.9 Å². The van der Waals surface area contributed by atoms with Crippen molar-refractivity contribution in [2.24, 2.45) is 14.1 Å². The predicted molar refractivity (Wildman–Crippen MR) is 79.5 cm³/mol. The molecule has 2 aromatic heterocycles. The summed E-state index contributed by atoms with van der Waals surface area (Å²) >= 11 is 0. The van der Waals surface area contributed by atoms with Crippen molar-refractivity contribution in [1.82, 2.24) is 18.7 Å². The lowest BCUT2D eigenvalue weighted by Crippen LogP contribution is -2.39. The first-order chi connectivity index (χ1) is 10.6. The molecule has 0 spiro atoms. The number of aromatic nitrogens is 4. The molecule has 0 fully saturated rings. The van der Waals surface area contributed by atoms with Crippen LogP contribution in [0.25, 0.3) is 11.2 Å². The number of nitrogens with zero attached hydrogens (tertiary/aromatic N) is 4. The molecule has 0 atom stereocenters. The molecule has 0 aliphatic heterocycles. The molecule has 2 aromatic rings. The molecule has 0 aromatic carbocycles. The maximum atomic E-state index is 12.6. The van der Waals surface area contributed by atoms with Crippen LogP contribution in [-0.2, 0) is 25.4 Å². The fourth-order valence-corrected chi connectivity index (χ4v) is 2.25. The minimum atomic E-state index is -1.94. The number of imidazole rings is 1. The Hall–Kier alpha value is -2.18. The number of Topliss-reactive ketones (excluding diaryl/α,β-unsaturated/α-hetero) is 1. The number of aryl methyl sites for hydroxylation is 3. The van der Waals surface area contributed by atoms with E-state index < -0.39 is 23.4 Å². The van der Waals surface area contributed by atoms with E-state index in [1.165, 1.54) is 11.5 Å². The zero-order chi connectivity index (χ0) is 17.5. The summed E-state index contributed by atoms with van der Waals surface area (Å²) in [7, 11) is 3.25. The van der Waals surface area contributed by atoms with Crippen molar-refractivity contribution in [2.75, 3.05) is 0 Å². The molecular formula is C14H20N4O3. The molecule has 21 heavy (non-hydrogen) atoms. The Bertz CT molecular complexity index is 892. The number of hydrogen-bond acceptors (Lipinski definition) is 4. The summed E-state index contributed by atoms with van der Waals surface area (Å²) in [6.07, 6.45) is -1.77. The Morgan fingerprint density at radius 3 is 2.52 bits per heavy atom. The summed E-state index contributed by atoms with van der Waals surface area (Å²) in [5.74, 6) is 0.0632. The SMILES string of the molecule is [2H]C([2H])(CCCn1c(=O)c2c(nc(C)n2C)n(C)c1=O)C(C)=O. The van der Waals surface area contributed by atoms with E-state index in [0.29, 0.717) is 17.0 Å². The maximum absolute atomic E-state index is 12.6. The zero-order valence-corrected chi connectivity index (χ0v) is 12.6. The molecule has 0 N–H and O–H groups in total. The van der Waals surface area contributed by atoms with Crippen LogP contribution in [0.5, 0.6) is 0 Å². The van der Waals surface area contributed by atoms with Gasteiger partial charge in [-0.3, -0.25) is 13.9 Å². The van der Waals surface area contributed by atoms with Crippen molar-refractivity contribution in [2.45, 2.75) is 39.6 Å². The predicted octanol–water partition coefficient (Wildman–Crippen LogP) is 0.501. The molecule has 0 unspecified atom stereocenters. The lowest BCUT2D eigenvalue weighted by molar-refractivity contribution is -0.117. The van der Waals surface area contributed by atoms with Crippen LogP contribution in [0.15, 0.2) is 9.59 Å². The van der Waals surface area contributed by atoms with Gasteiger partial charge in [-0.15, -0.1) is 0 Å². The highest BCUT2D eigenvalue weighted by Gasteiger charge is 2.16. The van der Waals surface area contributed by atoms with Crippen molar-refractivity contribution in [3.63, 3.8) is 0 Å². The van der Waals surface area contributed by atoms with Crippen LogP contribution in [0, 0.1) is 6.92 Å². The van der Waals surface area contributed by atoms with Gasteiger partial charge >= 0.3 is 5.69 Å². The van der Waals surface area contributed by atoms with Gasteiger partial charge in [-0.2, -0.15) is 0 Å². The van der Waals surface area contributed by atoms with Crippen LogP contribution in [0.2, 0.25) is 0 Å². The number of rotatable bonds is 5. The molecular weight excluding hydrogens is 272 g/mol. The van der Waals surface area contributed by atoms with Crippen LogP contribution < -0.4 is 11.2 Å². The minimum Gasteiger partial charge on any atom is -0.325 e. The van der Waals surface area contributed by atoms with Crippen molar-refractivity contribution >= 4 is 16.9 Å². The van der Waals surface area contributed by atoms with Crippen molar-refractivity contribution in [3.05, 3.63) is 26.7 Å². The van der Waals surface area contributed by atoms with Gasteiger partial charge in [0.25, 0.3) is 5.56 Å². The average molecular weight is 294 g/mol. The summed E-state index contributed by atoms with van der Waals surface area (Å²) in [5, 5.41) is 0. The van der Waals surface area contributed by atoms with E-state index in [1.807, 2.05) is 0 Å². The Kier molecular flexibility index (Phi) is 3.39. The maximum Gasteiger partial charge on any atom is 0.332 e. The van der Waals surface area contributed by atoms with E-state index in [-0.39, 0.29) is 19.4 Å². The van der Waals surface area contributed by atoms with E-state index in [1.54, 1.807) is 25.6 Å². The third kappa shape index (κ3) is 2.68. The van der Waals surface area contributed by atoms with Gasteiger partial charge < -0.3 is 9.36 Å². The quantitative estimate of drug-likeness (QED) is 0.804. The molecule has 2 rings (SSSR count). The molecule has 0 saturated carbocycles. The molecule has 7 heteroatoms. The molecule has 114 valence electrons. The highest BCUT2D eigenvalue weighted by atomic mass is 16.2. The van der Waals surface area contributed by atoms with Crippen LogP contribution in [0.1, 0.15) is 34.7 Å². The van der Waals surface area contributed by atoms with E-state index in [9.17, 15) is 14.4 Å². The minimum absolute atomic E-state index is 0.0413. The van der Waals surface area contributed by atoms with Gasteiger partial charge in [0.1, 0.15) is 11.6 Å². The number of fused-ring (bicyclic) bond motifs is 1. The molecule has 0 aliphatic carbocycles. The largest absolute Gasteiger partial charge is 0.332 e. The standard InChI is InChI=1S/C14H20N4O3/c1-9(19)7-5-6-8-18-13(20)11-12(17(4)14(18)21)15-10(2)16(11)3/h5-8H2,1-4H3/i7D2. The van der Waals surface area contributed by atoms with Gasteiger partial charge in [0.05, 0.1) is 0 Å². The fourth-order valence-electron chi connectivity index (χ4n) is 2.25. The summed E-state index contributed by atoms with van der Waals surface area (Å²) < 4.78 is 19.2. The van der Waals surface area contributed by atoms with E-state index in [2.05, 4.69) is 4.98 Å². The monoisotopic (exact) mass is 294 g/mol. The lowest BCUT2D eigenvalue weighted by Gasteiger charge is -2.08. The smallest absolute Gasteiger partial charge is 0.325 e. The number of hydrogen-bond donors (Lipinski definition) is 0. The molecule has 0 bridgehead atoms. The highest BCUT2D eigenvalue weighted by Crippen LogP contribution is 2.08. The molecule has 0 amide bonds. The van der Waals surface area contributed by atoms with Gasteiger partial charge in [-0.25, -0.2) is 9.78 Å². The van der Waals surface area contributed by atoms with Crippen LogP contribution in [0.3, 0.4) is 0 Å². The van der Waals surface area contributed by atoms with Gasteiger partial charge in [0, 0.05) is 29.8 Å². The van der Waals surface area contributed by atoms with E-state index in [4.69, 9.17) is 2.74 Å². The third-order valence-corrected chi connectivity index (χ3v) is 3.52. The van der Waals surface area contributed by atoms with Crippen molar-refractivity contribution in [1.29, 1.82) is 0 Å². The second-order valence-electron chi connectivity index (χ2n) is 5.03. The second kappa shape index (κ2) is 5.67. The van der Waals surface area contributed by atoms with Gasteiger partial charge in [-0.05, 0) is 26.7 Å². The van der Waals surface area contributed by atoms with Gasteiger partial charge in [0.2, 0.25) is 0 Å².